The Labute approximate surface area is 130 Å². The van der Waals surface area contributed by atoms with E-state index < -0.39 is 0 Å². The number of halogens is 1. The van der Waals surface area contributed by atoms with Crippen LogP contribution in [0.15, 0.2) is 4.47 Å². The van der Waals surface area contributed by atoms with E-state index in [2.05, 4.69) is 51.9 Å². The first kappa shape index (κ1) is 14.6. The van der Waals surface area contributed by atoms with Gasteiger partial charge in [0.15, 0.2) is 0 Å². The molecule has 1 heterocycles. The van der Waals surface area contributed by atoms with Gasteiger partial charge in [-0.2, -0.15) is 5.10 Å². The Morgan fingerprint density at radius 2 is 2.00 bits per heavy atom. The Morgan fingerprint density at radius 1 is 1.35 bits per heavy atom. The molecule has 0 radical (unpaired) electrons. The number of fused-ring (bicyclic) bond motifs is 1. The van der Waals surface area contributed by atoms with Crippen LogP contribution in [-0.2, 0) is 13.5 Å². The van der Waals surface area contributed by atoms with Gasteiger partial charge in [0.05, 0.1) is 15.9 Å². The molecule has 2 fully saturated rings. The van der Waals surface area contributed by atoms with Gasteiger partial charge in [-0.1, -0.05) is 19.8 Å². The van der Waals surface area contributed by atoms with Gasteiger partial charge in [0, 0.05) is 19.5 Å². The van der Waals surface area contributed by atoms with E-state index in [-0.39, 0.29) is 0 Å². The summed E-state index contributed by atoms with van der Waals surface area (Å²) in [7, 11) is 2.07. The molecule has 1 aromatic heterocycles. The summed E-state index contributed by atoms with van der Waals surface area (Å²) in [6.07, 6.45) is 6.92. The molecule has 3 nitrogen and oxygen atoms in total. The topological polar surface area (TPSA) is 29.9 Å². The van der Waals surface area contributed by atoms with Crippen molar-refractivity contribution in [2.24, 2.45) is 24.8 Å². The lowest BCUT2D eigenvalue weighted by molar-refractivity contribution is 0.427. The molecule has 0 aromatic carbocycles. The highest BCUT2D eigenvalue weighted by molar-refractivity contribution is 9.10. The van der Waals surface area contributed by atoms with E-state index in [0.717, 1.165) is 36.4 Å². The fraction of sp³-hybridized carbons (Fsp3) is 0.812. The number of rotatable bonds is 5. The monoisotopic (exact) mass is 339 g/mol. The first-order valence-corrected chi connectivity index (χ1v) is 8.84. The summed E-state index contributed by atoms with van der Waals surface area (Å²) in [4.78, 5) is 0. The van der Waals surface area contributed by atoms with Crippen molar-refractivity contribution in [1.82, 2.24) is 15.1 Å². The third-order valence-corrected chi connectivity index (χ3v) is 6.36. The van der Waals surface area contributed by atoms with Gasteiger partial charge in [-0.05, 0) is 60.0 Å². The summed E-state index contributed by atoms with van der Waals surface area (Å²) in [5, 5.41) is 8.29. The van der Waals surface area contributed by atoms with Gasteiger partial charge in [-0.15, -0.1) is 0 Å². The smallest absolute Gasteiger partial charge is 0.0738 e. The zero-order valence-corrected chi connectivity index (χ0v) is 14.4. The molecule has 2 aliphatic carbocycles. The zero-order valence-electron chi connectivity index (χ0n) is 12.8. The van der Waals surface area contributed by atoms with Crippen molar-refractivity contribution < 1.29 is 0 Å². The minimum atomic E-state index is 0.624. The molecule has 112 valence electrons. The van der Waals surface area contributed by atoms with Crippen LogP contribution >= 0.6 is 15.9 Å². The van der Waals surface area contributed by atoms with E-state index in [0.29, 0.717) is 6.04 Å². The maximum absolute atomic E-state index is 4.54. The molecule has 1 N–H and O–H groups in total. The molecule has 2 aliphatic rings. The van der Waals surface area contributed by atoms with Crippen molar-refractivity contribution in [3.05, 3.63) is 15.9 Å². The average molecular weight is 340 g/mol. The van der Waals surface area contributed by atoms with Gasteiger partial charge in [0.2, 0.25) is 0 Å². The molecule has 3 atom stereocenters. The summed E-state index contributed by atoms with van der Waals surface area (Å²) in [6.45, 7) is 5.37. The summed E-state index contributed by atoms with van der Waals surface area (Å²) < 4.78 is 3.25. The number of hydrogen-bond donors (Lipinski definition) is 1. The average Bonchev–Trinajstić information content (AvgIpc) is 3.11. The molecule has 0 aliphatic heterocycles. The predicted molar refractivity (Wildman–Crippen MR) is 85.8 cm³/mol. The Hall–Kier alpha value is -0.350. The van der Waals surface area contributed by atoms with Crippen molar-refractivity contribution in [2.45, 2.75) is 52.0 Å². The van der Waals surface area contributed by atoms with Crippen LogP contribution in [0.1, 0.15) is 44.0 Å². The summed E-state index contributed by atoms with van der Waals surface area (Å²) in [5.74, 6) is 2.90. The number of aromatic nitrogens is 2. The number of likely N-dealkylation sites (N-methyl/N-ethyl adjacent to an activating group) is 1. The molecule has 1 aromatic rings. The fourth-order valence-corrected chi connectivity index (χ4v) is 4.86. The van der Waals surface area contributed by atoms with Gasteiger partial charge in [-0.25, -0.2) is 0 Å². The van der Waals surface area contributed by atoms with E-state index in [9.17, 15) is 0 Å². The van der Waals surface area contributed by atoms with E-state index in [1.54, 1.807) is 0 Å². The highest BCUT2D eigenvalue weighted by atomic mass is 79.9. The Bertz CT molecular complexity index is 470. The lowest BCUT2D eigenvalue weighted by atomic mass is 10.0. The molecule has 3 unspecified atom stereocenters. The van der Waals surface area contributed by atoms with Crippen molar-refractivity contribution >= 4 is 15.9 Å². The highest BCUT2D eigenvalue weighted by Gasteiger charge is 2.53. The van der Waals surface area contributed by atoms with Crippen LogP contribution in [0.4, 0.5) is 0 Å². The highest BCUT2D eigenvalue weighted by Crippen LogP contribution is 2.57. The van der Waals surface area contributed by atoms with Crippen LogP contribution in [0, 0.1) is 24.7 Å². The van der Waals surface area contributed by atoms with Crippen LogP contribution in [0.25, 0.3) is 0 Å². The number of aryl methyl sites for hydroxylation is 2. The Balaban J connectivity index is 1.75. The number of nitrogens with one attached hydrogen (secondary N) is 1. The third-order valence-electron chi connectivity index (χ3n) is 5.33. The molecule has 0 amide bonds. The molecule has 0 spiro atoms. The van der Waals surface area contributed by atoms with Gasteiger partial charge >= 0.3 is 0 Å². The van der Waals surface area contributed by atoms with E-state index in [1.165, 1.54) is 35.8 Å². The second kappa shape index (κ2) is 5.80. The number of hydrogen-bond acceptors (Lipinski definition) is 2. The van der Waals surface area contributed by atoms with Crippen LogP contribution in [-0.4, -0.2) is 22.4 Å². The van der Waals surface area contributed by atoms with Crippen molar-refractivity contribution in [3.63, 3.8) is 0 Å². The normalized spacial score (nSPS) is 30.1. The van der Waals surface area contributed by atoms with E-state index in [1.807, 2.05) is 0 Å². The standard InChI is InChI=1S/C16H26BrN3/c1-4-18-13(15-11-7-5-6-8-12(11)15)9-14-16(17)10(2)19-20(14)3/h11-13,15,18H,4-9H2,1-3H3. The van der Waals surface area contributed by atoms with Crippen molar-refractivity contribution in [1.29, 1.82) is 0 Å². The molecular formula is C16H26BrN3. The van der Waals surface area contributed by atoms with Crippen LogP contribution in [0.5, 0.6) is 0 Å². The summed E-state index contributed by atoms with van der Waals surface area (Å²) in [5.41, 5.74) is 2.45. The van der Waals surface area contributed by atoms with E-state index >= 15 is 0 Å². The Kier molecular flexibility index (Phi) is 4.23. The lowest BCUT2D eigenvalue weighted by Gasteiger charge is -2.19. The first-order valence-electron chi connectivity index (χ1n) is 8.04. The SMILES string of the molecule is CCNC(Cc1c(Br)c(C)nn1C)C1C2CCCCC21. The predicted octanol–water partition coefficient (Wildman–Crippen LogP) is 3.45. The molecule has 4 heteroatoms. The second-order valence-electron chi connectivity index (χ2n) is 6.53. The van der Waals surface area contributed by atoms with Gasteiger partial charge < -0.3 is 5.32 Å². The van der Waals surface area contributed by atoms with Crippen molar-refractivity contribution in [2.75, 3.05) is 6.54 Å². The van der Waals surface area contributed by atoms with E-state index in [4.69, 9.17) is 0 Å². The molecule has 20 heavy (non-hydrogen) atoms. The molecule has 0 saturated heterocycles. The number of nitrogens with zero attached hydrogens (tertiary/aromatic N) is 2. The minimum absolute atomic E-state index is 0.624. The molecular weight excluding hydrogens is 314 g/mol. The second-order valence-corrected chi connectivity index (χ2v) is 7.32. The summed E-state index contributed by atoms with van der Waals surface area (Å²) >= 11 is 3.72. The summed E-state index contributed by atoms with van der Waals surface area (Å²) in [6, 6.07) is 0.624. The van der Waals surface area contributed by atoms with Gasteiger partial charge in [0.1, 0.15) is 0 Å². The largest absolute Gasteiger partial charge is 0.314 e. The molecule has 0 bridgehead atoms. The van der Waals surface area contributed by atoms with Crippen LogP contribution < -0.4 is 5.32 Å². The maximum atomic E-state index is 4.54. The van der Waals surface area contributed by atoms with Gasteiger partial charge in [-0.3, -0.25) is 4.68 Å². The molecule has 2 saturated carbocycles. The lowest BCUT2D eigenvalue weighted by Crippen LogP contribution is -2.34. The van der Waals surface area contributed by atoms with Crippen molar-refractivity contribution in [3.8, 4) is 0 Å². The fourth-order valence-electron chi connectivity index (χ4n) is 4.36. The van der Waals surface area contributed by atoms with Crippen LogP contribution in [0.3, 0.4) is 0 Å². The Morgan fingerprint density at radius 3 is 2.50 bits per heavy atom. The first-order chi connectivity index (χ1) is 9.63. The van der Waals surface area contributed by atoms with Crippen LogP contribution in [0.2, 0.25) is 0 Å². The third kappa shape index (κ3) is 2.57. The minimum Gasteiger partial charge on any atom is -0.314 e. The molecule has 3 rings (SSSR count). The zero-order chi connectivity index (χ0) is 14.3. The maximum Gasteiger partial charge on any atom is 0.0738 e. The van der Waals surface area contributed by atoms with Gasteiger partial charge in [0.25, 0.3) is 0 Å². The quantitative estimate of drug-likeness (QED) is 0.890.